The van der Waals surface area contributed by atoms with Crippen LogP contribution in [-0.2, 0) is 4.74 Å². The van der Waals surface area contributed by atoms with Crippen molar-refractivity contribution in [1.82, 2.24) is 10.8 Å². The number of fused-ring (bicyclic) bond motifs is 1. The lowest BCUT2D eigenvalue weighted by Gasteiger charge is -2.13. The molecule has 156 valence electrons. The van der Waals surface area contributed by atoms with Crippen molar-refractivity contribution in [2.45, 2.75) is 0 Å². The predicted octanol–water partition coefficient (Wildman–Crippen LogP) is 3.66. The van der Waals surface area contributed by atoms with E-state index in [2.05, 4.69) is 23.5 Å². The molecule has 6 nitrogen and oxygen atoms in total. The summed E-state index contributed by atoms with van der Waals surface area (Å²) in [5.74, 6) is 0.303. The van der Waals surface area contributed by atoms with Crippen LogP contribution in [-0.4, -0.2) is 44.5 Å². The SMILES string of the molecule is COCCNC/C(=C\c1ccc(C(=O)NO)cc1)COc1cccc2ccccc12. The Bertz CT molecular complexity index is 994. The normalized spacial score (nSPS) is 11.5. The van der Waals surface area contributed by atoms with E-state index in [9.17, 15) is 4.79 Å². The van der Waals surface area contributed by atoms with Crippen molar-refractivity contribution >= 4 is 22.8 Å². The fourth-order valence-corrected chi connectivity index (χ4v) is 3.09. The average molecular weight is 406 g/mol. The highest BCUT2D eigenvalue weighted by Crippen LogP contribution is 2.25. The lowest BCUT2D eigenvalue weighted by Crippen LogP contribution is -2.23. The molecule has 1 amide bonds. The molecule has 0 heterocycles. The molecule has 30 heavy (non-hydrogen) atoms. The Morgan fingerprint density at radius 1 is 1.03 bits per heavy atom. The van der Waals surface area contributed by atoms with Gasteiger partial charge >= 0.3 is 0 Å². The average Bonchev–Trinajstić information content (AvgIpc) is 2.80. The first-order valence-corrected chi connectivity index (χ1v) is 9.75. The summed E-state index contributed by atoms with van der Waals surface area (Å²) in [5, 5.41) is 14.3. The van der Waals surface area contributed by atoms with Gasteiger partial charge in [-0.3, -0.25) is 10.0 Å². The number of methoxy groups -OCH3 is 1. The van der Waals surface area contributed by atoms with Gasteiger partial charge in [0.05, 0.1) is 6.61 Å². The highest BCUT2D eigenvalue weighted by atomic mass is 16.5. The van der Waals surface area contributed by atoms with E-state index in [1.165, 1.54) is 0 Å². The monoisotopic (exact) mass is 406 g/mol. The van der Waals surface area contributed by atoms with Crippen molar-refractivity contribution in [3.63, 3.8) is 0 Å². The van der Waals surface area contributed by atoms with Crippen molar-refractivity contribution in [3.05, 3.63) is 83.4 Å². The number of hydroxylamine groups is 1. The maximum Gasteiger partial charge on any atom is 0.274 e. The molecule has 0 spiro atoms. The number of nitrogens with one attached hydrogen (secondary N) is 2. The minimum Gasteiger partial charge on any atom is -0.489 e. The summed E-state index contributed by atoms with van der Waals surface area (Å²) in [6, 6.07) is 21.2. The van der Waals surface area contributed by atoms with Crippen LogP contribution in [0.4, 0.5) is 0 Å². The van der Waals surface area contributed by atoms with Gasteiger partial charge in [0.2, 0.25) is 0 Å². The number of benzene rings is 3. The number of amides is 1. The maximum atomic E-state index is 11.5. The quantitative estimate of drug-likeness (QED) is 0.272. The minimum absolute atomic E-state index is 0.390. The van der Waals surface area contributed by atoms with Gasteiger partial charge < -0.3 is 14.8 Å². The van der Waals surface area contributed by atoms with Crippen LogP contribution in [0.25, 0.3) is 16.8 Å². The molecular formula is C24H26N2O4. The Hall–Kier alpha value is -3.19. The van der Waals surface area contributed by atoms with E-state index in [1.54, 1.807) is 24.7 Å². The number of carbonyl (C=O) groups excluding carboxylic acids is 1. The van der Waals surface area contributed by atoms with Crippen molar-refractivity contribution in [3.8, 4) is 5.75 Å². The maximum absolute atomic E-state index is 11.5. The Balaban J connectivity index is 1.76. The fraction of sp³-hybridized carbons (Fsp3) is 0.208. The van der Waals surface area contributed by atoms with E-state index < -0.39 is 5.91 Å². The first-order valence-electron chi connectivity index (χ1n) is 9.75. The molecule has 0 saturated heterocycles. The minimum atomic E-state index is -0.536. The Morgan fingerprint density at radius 2 is 1.80 bits per heavy atom. The summed E-state index contributed by atoms with van der Waals surface area (Å²) in [6.07, 6.45) is 2.03. The van der Waals surface area contributed by atoms with Gasteiger partial charge in [-0.1, -0.05) is 54.6 Å². The molecule has 0 atom stereocenters. The Labute approximate surface area is 176 Å². The summed E-state index contributed by atoms with van der Waals surface area (Å²) in [6.45, 7) is 2.43. The van der Waals surface area contributed by atoms with Gasteiger partial charge in [-0.2, -0.15) is 0 Å². The van der Waals surface area contributed by atoms with Crippen molar-refractivity contribution < 1.29 is 19.5 Å². The molecule has 3 aromatic carbocycles. The zero-order valence-electron chi connectivity index (χ0n) is 16.9. The van der Waals surface area contributed by atoms with Gasteiger partial charge in [-0.05, 0) is 34.7 Å². The van der Waals surface area contributed by atoms with Crippen LogP contribution >= 0.6 is 0 Å². The Kier molecular flexibility index (Phi) is 7.97. The summed E-state index contributed by atoms with van der Waals surface area (Å²) in [7, 11) is 1.67. The third kappa shape index (κ3) is 5.90. The van der Waals surface area contributed by atoms with Crippen LogP contribution in [0.2, 0.25) is 0 Å². The van der Waals surface area contributed by atoms with E-state index in [1.807, 2.05) is 42.5 Å². The molecule has 0 saturated carbocycles. The van der Waals surface area contributed by atoms with E-state index in [0.29, 0.717) is 25.3 Å². The lowest BCUT2D eigenvalue weighted by atomic mass is 10.1. The van der Waals surface area contributed by atoms with Crippen molar-refractivity contribution in [1.29, 1.82) is 0 Å². The number of carbonyl (C=O) groups is 1. The molecule has 3 aromatic rings. The van der Waals surface area contributed by atoms with Crippen molar-refractivity contribution in [2.75, 3.05) is 33.4 Å². The molecule has 0 aliphatic rings. The highest BCUT2D eigenvalue weighted by molar-refractivity contribution is 5.93. The van der Waals surface area contributed by atoms with Crippen LogP contribution < -0.4 is 15.5 Å². The summed E-state index contributed by atoms with van der Waals surface area (Å²) < 4.78 is 11.2. The molecule has 3 N–H and O–H groups in total. The van der Waals surface area contributed by atoms with Gasteiger partial charge in [0.15, 0.2) is 0 Å². The van der Waals surface area contributed by atoms with Gasteiger partial charge in [-0.15, -0.1) is 0 Å². The van der Waals surface area contributed by atoms with Gasteiger partial charge in [0.1, 0.15) is 12.4 Å². The first kappa shape index (κ1) is 21.5. The molecule has 0 bridgehead atoms. The van der Waals surface area contributed by atoms with Crippen LogP contribution in [0, 0.1) is 0 Å². The van der Waals surface area contributed by atoms with Crippen LogP contribution in [0.3, 0.4) is 0 Å². The number of rotatable bonds is 10. The van der Waals surface area contributed by atoms with Crippen molar-refractivity contribution in [2.24, 2.45) is 0 Å². The van der Waals surface area contributed by atoms with E-state index >= 15 is 0 Å². The second-order valence-electron chi connectivity index (χ2n) is 6.80. The third-order valence-electron chi connectivity index (χ3n) is 4.64. The van der Waals surface area contributed by atoms with Crippen LogP contribution in [0.15, 0.2) is 72.3 Å². The number of ether oxygens (including phenoxy) is 2. The second-order valence-corrected chi connectivity index (χ2v) is 6.80. The molecule has 0 aromatic heterocycles. The van der Waals surface area contributed by atoms with Gasteiger partial charge in [0.25, 0.3) is 5.91 Å². The third-order valence-corrected chi connectivity index (χ3v) is 4.64. The molecule has 3 rings (SSSR count). The smallest absolute Gasteiger partial charge is 0.274 e. The number of hydrogen-bond acceptors (Lipinski definition) is 5. The second kappa shape index (κ2) is 11.1. The molecule has 0 fully saturated rings. The highest BCUT2D eigenvalue weighted by Gasteiger charge is 2.06. The molecule has 0 aliphatic carbocycles. The molecule has 0 unspecified atom stereocenters. The summed E-state index contributed by atoms with van der Waals surface area (Å²) >= 11 is 0. The molecule has 0 aliphatic heterocycles. The molecular weight excluding hydrogens is 380 g/mol. The largest absolute Gasteiger partial charge is 0.489 e. The van der Waals surface area contributed by atoms with Crippen LogP contribution in [0.1, 0.15) is 15.9 Å². The summed E-state index contributed by atoms with van der Waals surface area (Å²) in [5.41, 5.74) is 4.02. The van der Waals surface area contributed by atoms with E-state index in [-0.39, 0.29) is 0 Å². The predicted molar refractivity (Wildman–Crippen MR) is 118 cm³/mol. The molecule has 6 heteroatoms. The standard InChI is InChI=1S/C24H26N2O4/c1-29-14-13-25-16-19(15-18-9-11-21(12-10-18)24(27)26-28)17-30-23-8-4-6-20-5-2-3-7-22(20)23/h2-12,15,25,28H,13-14,16-17H2,1H3,(H,26,27)/b19-15+. The Morgan fingerprint density at radius 3 is 2.57 bits per heavy atom. The fourth-order valence-electron chi connectivity index (χ4n) is 3.09. The van der Waals surface area contributed by atoms with E-state index in [4.69, 9.17) is 14.7 Å². The zero-order chi connectivity index (χ0) is 21.2. The van der Waals surface area contributed by atoms with Gasteiger partial charge in [-0.25, -0.2) is 5.48 Å². The lowest BCUT2D eigenvalue weighted by molar-refractivity contribution is 0.0706. The summed E-state index contributed by atoms with van der Waals surface area (Å²) in [4.78, 5) is 11.5. The molecule has 0 radical (unpaired) electrons. The topological polar surface area (TPSA) is 79.8 Å². The first-order chi connectivity index (χ1) is 14.7. The van der Waals surface area contributed by atoms with E-state index in [0.717, 1.165) is 34.2 Å². The van der Waals surface area contributed by atoms with Crippen LogP contribution in [0.5, 0.6) is 5.75 Å². The zero-order valence-corrected chi connectivity index (χ0v) is 16.9. The van der Waals surface area contributed by atoms with Gasteiger partial charge in [0, 0.05) is 31.1 Å². The number of hydrogen-bond donors (Lipinski definition) is 3.